The molecule has 3 amide bonds. The Morgan fingerprint density at radius 3 is 2.41 bits per heavy atom. The molecule has 0 aromatic heterocycles. The molecule has 1 heterocycles. The van der Waals surface area contributed by atoms with E-state index in [1.807, 2.05) is 0 Å². The van der Waals surface area contributed by atoms with E-state index in [0.717, 1.165) is 23.8 Å². The summed E-state index contributed by atoms with van der Waals surface area (Å²) in [7, 11) is 0. The quantitative estimate of drug-likeness (QED) is 0.608. The minimum Gasteiger partial charge on any atom is -0.454 e. The van der Waals surface area contributed by atoms with E-state index in [1.54, 1.807) is 0 Å². The van der Waals surface area contributed by atoms with Crippen molar-refractivity contribution >= 4 is 41.0 Å². The smallest absolute Gasteiger partial charge is 0.326 e. The molecule has 144 valence electrons. The van der Waals surface area contributed by atoms with E-state index in [-0.39, 0.29) is 34.4 Å². The number of nitrogens with one attached hydrogen (secondary N) is 1. The molecule has 1 saturated carbocycles. The number of fused-ring (bicyclic) bond motifs is 1. The van der Waals surface area contributed by atoms with E-state index < -0.39 is 30.8 Å². The number of benzene rings is 1. The van der Waals surface area contributed by atoms with Crippen molar-refractivity contribution in [2.45, 2.75) is 25.7 Å². The standard InChI is InChI=1S/C18H18ClFN2O5/c19-10-5-6-14(13(20)7-10)21-15(23)9-27-16(24)8-22-17(25)11-3-1-2-4-12(11)18(22)26/h5-7,11-12H,1-4,8-9H2,(H,21,23)/t11-,12-/m0/s1. The Balaban J connectivity index is 1.50. The van der Waals surface area contributed by atoms with Gasteiger partial charge in [0.05, 0.1) is 17.5 Å². The van der Waals surface area contributed by atoms with Gasteiger partial charge >= 0.3 is 5.97 Å². The molecule has 2 atom stereocenters. The number of amides is 3. The van der Waals surface area contributed by atoms with Crippen molar-refractivity contribution in [1.29, 1.82) is 0 Å². The Labute approximate surface area is 159 Å². The van der Waals surface area contributed by atoms with E-state index in [2.05, 4.69) is 5.32 Å². The van der Waals surface area contributed by atoms with Gasteiger partial charge in [0.15, 0.2) is 6.61 Å². The summed E-state index contributed by atoms with van der Waals surface area (Å²) in [6, 6.07) is 3.71. The van der Waals surface area contributed by atoms with Crippen molar-refractivity contribution < 1.29 is 28.3 Å². The van der Waals surface area contributed by atoms with Gasteiger partial charge in [-0.05, 0) is 31.0 Å². The van der Waals surface area contributed by atoms with Crippen molar-refractivity contribution in [1.82, 2.24) is 4.90 Å². The van der Waals surface area contributed by atoms with Gasteiger partial charge in [-0.25, -0.2) is 4.39 Å². The molecule has 7 nitrogen and oxygen atoms in total. The van der Waals surface area contributed by atoms with Crippen molar-refractivity contribution in [2.24, 2.45) is 11.8 Å². The number of halogens is 2. The number of likely N-dealkylation sites (tertiary alicyclic amines) is 1. The number of carbonyl (C=O) groups is 4. The lowest BCUT2D eigenvalue weighted by Crippen LogP contribution is -2.37. The fraction of sp³-hybridized carbons (Fsp3) is 0.444. The van der Waals surface area contributed by atoms with Crippen LogP contribution in [0.4, 0.5) is 10.1 Å². The number of esters is 1. The van der Waals surface area contributed by atoms with E-state index in [0.29, 0.717) is 12.8 Å². The second kappa shape index (κ2) is 8.04. The number of anilines is 1. The van der Waals surface area contributed by atoms with Gasteiger partial charge in [-0.2, -0.15) is 0 Å². The second-order valence-electron chi connectivity index (χ2n) is 6.59. The van der Waals surface area contributed by atoms with Crippen LogP contribution in [-0.2, 0) is 23.9 Å². The number of imide groups is 1. The molecule has 0 unspecified atom stereocenters. The zero-order valence-corrected chi connectivity index (χ0v) is 15.1. The van der Waals surface area contributed by atoms with Crippen molar-refractivity contribution in [3.05, 3.63) is 29.0 Å². The number of rotatable bonds is 5. The predicted octanol–water partition coefficient (Wildman–Crippen LogP) is 2.14. The van der Waals surface area contributed by atoms with Gasteiger partial charge in [-0.15, -0.1) is 0 Å². The average molecular weight is 397 g/mol. The lowest BCUT2D eigenvalue weighted by atomic mass is 9.81. The topological polar surface area (TPSA) is 92.8 Å². The molecular formula is C18H18ClFN2O5. The van der Waals surface area contributed by atoms with Gasteiger partial charge in [0, 0.05) is 5.02 Å². The maximum atomic E-state index is 13.6. The number of carbonyl (C=O) groups excluding carboxylic acids is 4. The molecule has 2 fully saturated rings. The van der Waals surface area contributed by atoms with Crippen LogP contribution in [0.3, 0.4) is 0 Å². The first-order valence-electron chi connectivity index (χ1n) is 8.62. The van der Waals surface area contributed by atoms with E-state index in [4.69, 9.17) is 16.3 Å². The van der Waals surface area contributed by atoms with Crippen LogP contribution in [0.2, 0.25) is 5.02 Å². The number of hydrogen-bond acceptors (Lipinski definition) is 5. The Bertz CT molecular complexity index is 776. The molecule has 1 aromatic rings. The molecule has 1 saturated heterocycles. The fourth-order valence-electron chi connectivity index (χ4n) is 3.48. The first-order chi connectivity index (χ1) is 12.9. The van der Waals surface area contributed by atoms with E-state index in [9.17, 15) is 23.6 Å². The van der Waals surface area contributed by atoms with E-state index in [1.165, 1.54) is 12.1 Å². The molecule has 1 aliphatic heterocycles. The summed E-state index contributed by atoms with van der Waals surface area (Å²) >= 11 is 5.62. The Hall–Kier alpha value is -2.48. The van der Waals surface area contributed by atoms with Gasteiger partial charge in [0.2, 0.25) is 11.8 Å². The third kappa shape index (κ3) is 4.27. The molecule has 2 aliphatic rings. The minimum absolute atomic E-state index is 0.102. The lowest BCUT2D eigenvalue weighted by Gasteiger charge is -2.19. The SMILES string of the molecule is O=C(COC(=O)CN1C(=O)[C@H]2CCCC[C@@H]2C1=O)Nc1ccc(Cl)cc1F. The van der Waals surface area contributed by atoms with Gasteiger partial charge in [0.1, 0.15) is 12.4 Å². The molecule has 0 spiro atoms. The fourth-order valence-corrected chi connectivity index (χ4v) is 3.64. The highest BCUT2D eigenvalue weighted by Gasteiger charge is 2.48. The van der Waals surface area contributed by atoms with E-state index >= 15 is 0 Å². The first-order valence-corrected chi connectivity index (χ1v) is 9.00. The summed E-state index contributed by atoms with van der Waals surface area (Å²) in [4.78, 5) is 49.2. The van der Waals surface area contributed by atoms with Crippen LogP contribution in [0.25, 0.3) is 0 Å². The third-order valence-corrected chi connectivity index (χ3v) is 5.02. The van der Waals surface area contributed by atoms with Crippen LogP contribution in [0.15, 0.2) is 18.2 Å². The van der Waals surface area contributed by atoms with Gasteiger partial charge in [-0.3, -0.25) is 24.1 Å². The minimum atomic E-state index is -0.873. The van der Waals surface area contributed by atoms with Crippen LogP contribution in [-0.4, -0.2) is 41.7 Å². The highest BCUT2D eigenvalue weighted by Crippen LogP contribution is 2.37. The second-order valence-corrected chi connectivity index (χ2v) is 7.03. The highest BCUT2D eigenvalue weighted by molar-refractivity contribution is 6.30. The molecule has 27 heavy (non-hydrogen) atoms. The lowest BCUT2D eigenvalue weighted by molar-refractivity contribution is -0.154. The first kappa shape index (κ1) is 19.3. The molecule has 3 rings (SSSR count). The predicted molar refractivity (Wildman–Crippen MR) is 93.2 cm³/mol. The molecule has 1 aromatic carbocycles. The maximum Gasteiger partial charge on any atom is 0.326 e. The summed E-state index contributed by atoms with van der Waals surface area (Å²) in [5, 5.41) is 2.43. The van der Waals surface area contributed by atoms with Crippen LogP contribution in [0, 0.1) is 17.7 Å². The van der Waals surface area contributed by atoms with Crippen LogP contribution < -0.4 is 5.32 Å². The number of nitrogens with zero attached hydrogens (tertiary/aromatic N) is 1. The summed E-state index contributed by atoms with van der Waals surface area (Å²) in [6.07, 6.45) is 3.07. The summed E-state index contributed by atoms with van der Waals surface area (Å²) in [5.41, 5.74) is -0.102. The van der Waals surface area contributed by atoms with Gasteiger partial charge < -0.3 is 10.1 Å². The molecule has 0 bridgehead atoms. The zero-order valence-electron chi connectivity index (χ0n) is 14.4. The Morgan fingerprint density at radius 1 is 1.19 bits per heavy atom. The molecule has 1 N–H and O–H groups in total. The van der Waals surface area contributed by atoms with Gasteiger partial charge in [0.25, 0.3) is 5.91 Å². The molecule has 0 radical (unpaired) electrons. The summed E-state index contributed by atoms with van der Waals surface area (Å²) in [6.45, 7) is -1.18. The number of hydrogen-bond donors (Lipinski definition) is 1. The zero-order chi connectivity index (χ0) is 19.6. The van der Waals surface area contributed by atoms with Crippen LogP contribution in [0.5, 0.6) is 0 Å². The maximum absolute atomic E-state index is 13.6. The average Bonchev–Trinajstić information content (AvgIpc) is 2.88. The van der Waals surface area contributed by atoms with Gasteiger partial charge in [-0.1, -0.05) is 24.4 Å². The summed E-state index contributed by atoms with van der Waals surface area (Å²) in [5.74, 6) is -3.76. The van der Waals surface area contributed by atoms with Crippen molar-refractivity contribution in [2.75, 3.05) is 18.5 Å². The van der Waals surface area contributed by atoms with Crippen LogP contribution >= 0.6 is 11.6 Å². The normalized spacial score (nSPS) is 21.8. The van der Waals surface area contributed by atoms with Crippen molar-refractivity contribution in [3.8, 4) is 0 Å². The highest BCUT2D eigenvalue weighted by atomic mass is 35.5. The molecular weight excluding hydrogens is 379 g/mol. The largest absolute Gasteiger partial charge is 0.454 e. The monoisotopic (exact) mass is 396 g/mol. The van der Waals surface area contributed by atoms with Crippen molar-refractivity contribution in [3.63, 3.8) is 0 Å². The molecule has 1 aliphatic carbocycles. The third-order valence-electron chi connectivity index (χ3n) is 4.79. The summed E-state index contributed by atoms with van der Waals surface area (Å²) < 4.78 is 18.4. The number of ether oxygens (including phenoxy) is 1. The molecule has 9 heteroatoms. The van der Waals surface area contributed by atoms with Crippen LogP contribution in [0.1, 0.15) is 25.7 Å². The Morgan fingerprint density at radius 2 is 1.81 bits per heavy atom. The Kier molecular flexibility index (Phi) is 5.74.